The number of amides is 2. The topological polar surface area (TPSA) is 373 Å². The lowest BCUT2D eigenvalue weighted by Gasteiger charge is -2.50. The predicted octanol–water partition coefficient (Wildman–Crippen LogP) is 12.5. The van der Waals surface area contributed by atoms with Gasteiger partial charge in [0.25, 0.3) is 5.79 Å². The lowest BCUT2D eigenvalue weighted by atomic mass is 9.88. The molecule has 3 rings (SSSR count). The summed E-state index contributed by atoms with van der Waals surface area (Å²) < 4.78 is 35.0. The molecule has 14 N–H and O–H groups in total. The molecule has 18 atom stereocenters. The number of rotatable bonds is 69. The summed E-state index contributed by atoms with van der Waals surface area (Å²) in [7, 11) is 0. The Balaban J connectivity index is 1.47. The zero-order valence-electron chi connectivity index (χ0n) is 66.3. The van der Waals surface area contributed by atoms with Gasteiger partial charge < -0.3 is 100 Å². The first-order valence-electron chi connectivity index (χ1n) is 43.0. The zero-order valence-corrected chi connectivity index (χ0v) is 66.3. The van der Waals surface area contributed by atoms with Crippen LogP contribution in [0.2, 0.25) is 0 Å². The van der Waals surface area contributed by atoms with Crippen LogP contribution >= 0.6 is 0 Å². The molecule has 18 unspecified atom stereocenters. The van der Waals surface area contributed by atoms with E-state index in [1.54, 1.807) is 0 Å². The number of aliphatic hydroxyl groups is 11. The number of carboxylic acids is 1. The van der Waals surface area contributed by atoms with Crippen molar-refractivity contribution in [1.82, 2.24) is 10.6 Å². The van der Waals surface area contributed by atoms with Crippen LogP contribution in [-0.4, -0.2) is 215 Å². The molecule has 3 heterocycles. The number of carbonyl (C=O) groups is 3. The van der Waals surface area contributed by atoms with Gasteiger partial charge in [-0.2, -0.15) is 0 Å². The zero-order chi connectivity index (χ0) is 77.4. The molecule has 3 aliphatic heterocycles. The molecule has 0 aromatic rings. The molecule has 0 aliphatic carbocycles. The van der Waals surface area contributed by atoms with Crippen molar-refractivity contribution in [2.75, 3.05) is 26.4 Å². The highest BCUT2D eigenvalue weighted by Crippen LogP contribution is 2.39. The van der Waals surface area contributed by atoms with E-state index in [-0.39, 0.29) is 18.9 Å². The molecule has 3 aliphatic rings. The maximum atomic E-state index is 13.6. The van der Waals surface area contributed by atoms with Gasteiger partial charge in [0.05, 0.1) is 50.7 Å². The molecule has 0 aromatic carbocycles. The Hall–Kier alpha value is -2.53. The lowest BCUT2D eigenvalue weighted by Crippen LogP contribution is -2.70. The molecule has 0 radical (unpaired) electrons. The quantitative estimate of drug-likeness (QED) is 0.0199. The van der Waals surface area contributed by atoms with Crippen molar-refractivity contribution in [2.24, 2.45) is 0 Å². The summed E-state index contributed by atoms with van der Waals surface area (Å²) in [6, 6.07) is -2.53. The van der Waals surface area contributed by atoms with E-state index in [1.807, 2.05) is 0 Å². The summed E-state index contributed by atoms with van der Waals surface area (Å²) in [6.07, 6.45) is 39.2. The van der Waals surface area contributed by atoms with Crippen LogP contribution in [0, 0.1) is 0 Å². The van der Waals surface area contributed by atoms with Gasteiger partial charge in [0, 0.05) is 19.8 Å². The highest BCUT2D eigenvalue weighted by Gasteiger charge is 2.60. The Morgan fingerprint density at radius 1 is 0.481 bits per heavy atom. The van der Waals surface area contributed by atoms with Crippen molar-refractivity contribution < 1.29 is 104 Å². The molecule has 3 fully saturated rings. The molecule has 624 valence electrons. The minimum atomic E-state index is -3.08. The number of nitrogens with one attached hydrogen (secondary N) is 2. The Labute approximate surface area is 639 Å². The summed E-state index contributed by atoms with van der Waals surface area (Å²) in [6.45, 7) is 2.27. The second-order valence-corrected chi connectivity index (χ2v) is 31.4. The van der Waals surface area contributed by atoms with Crippen molar-refractivity contribution >= 4 is 17.8 Å². The van der Waals surface area contributed by atoms with Gasteiger partial charge in [0.15, 0.2) is 12.6 Å². The van der Waals surface area contributed by atoms with Crippen LogP contribution in [0.1, 0.15) is 361 Å². The number of carboxylic acid groups (broad SMARTS) is 1. The van der Waals surface area contributed by atoms with Gasteiger partial charge >= 0.3 is 5.97 Å². The third-order valence-corrected chi connectivity index (χ3v) is 22.0. The molecule has 0 saturated carbocycles. The van der Waals surface area contributed by atoms with Crippen LogP contribution < -0.4 is 10.6 Å². The summed E-state index contributed by atoms with van der Waals surface area (Å²) in [5, 5.41) is 137. The number of hydrogen-bond acceptors (Lipinski definition) is 20. The molecule has 2 amide bonds. The molecule has 0 aromatic heterocycles. The first-order valence-corrected chi connectivity index (χ1v) is 43.0. The van der Waals surface area contributed by atoms with E-state index in [9.17, 15) is 75.7 Å². The van der Waals surface area contributed by atoms with E-state index in [0.717, 1.165) is 58.3 Å². The Kier molecular flexibility index (Phi) is 57.1. The SMILES string of the molecule is CCCCCCCCCCCCCC/C=C\CCCCCCCCCCCCCCCCCC(=O)NC(COC1OC(CO)C(OC2OC(CO)C(O)C(OC3(C(=O)O)CC(O)C(NC(C)=O)C(C(O)C(O)CO)O3)C2O)C(O)C1O)C(O)CCCCCCCCCCCCCCCCCCCCCCC. The Morgan fingerprint density at radius 2 is 0.877 bits per heavy atom. The standard InChI is InChI=1S/C83H156N2O21/c1-4-6-8-10-12-14-16-18-20-22-24-26-27-28-29-30-31-32-33-34-35-37-39-41-43-45-47-49-51-53-55-57-70(93)85-64(65(90)56-54-52-50-48-46-44-42-40-38-36-25-23-21-19-17-15-13-11-9-7-5-2)62-101-80-75(97)74(96)77(69(61-88)103-80)104-81-76(98)79(73(95)68(60-87)102-81)106-83(82(99)100)58-66(91)71(84-63(3)89)78(105-83)72(94)67(92)59-86/h28-29,64-69,71-81,86-88,90-92,94-98H,4-27,30-62H2,1-3H3,(H,84,89)(H,85,93)(H,99,100)/b29-28-. The highest BCUT2D eigenvalue weighted by atomic mass is 16.8. The van der Waals surface area contributed by atoms with E-state index in [4.69, 9.17) is 28.4 Å². The van der Waals surface area contributed by atoms with Gasteiger partial charge in [-0.25, -0.2) is 4.79 Å². The van der Waals surface area contributed by atoms with Crippen molar-refractivity contribution in [2.45, 2.75) is 471 Å². The third-order valence-electron chi connectivity index (χ3n) is 22.0. The predicted molar refractivity (Wildman–Crippen MR) is 412 cm³/mol. The van der Waals surface area contributed by atoms with E-state index < -0.39 is 148 Å². The summed E-state index contributed by atoms with van der Waals surface area (Å²) >= 11 is 0. The van der Waals surface area contributed by atoms with Crippen molar-refractivity contribution in [3.8, 4) is 0 Å². The minimum absolute atomic E-state index is 0.227. The van der Waals surface area contributed by atoms with Crippen LogP contribution in [0.15, 0.2) is 12.2 Å². The van der Waals surface area contributed by atoms with Gasteiger partial charge in [-0.15, -0.1) is 0 Å². The van der Waals surface area contributed by atoms with Gasteiger partial charge in [-0.3, -0.25) is 9.59 Å². The summed E-state index contributed by atoms with van der Waals surface area (Å²) in [4.78, 5) is 38.8. The van der Waals surface area contributed by atoms with Crippen LogP contribution in [0.5, 0.6) is 0 Å². The second kappa shape index (κ2) is 62.0. The molecule has 23 heteroatoms. The monoisotopic (exact) mass is 1520 g/mol. The first-order chi connectivity index (χ1) is 51.4. The minimum Gasteiger partial charge on any atom is -0.477 e. The number of unbranched alkanes of at least 4 members (excludes halogenated alkanes) is 47. The van der Waals surface area contributed by atoms with E-state index >= 15 is 0 Å². The number of ether oxygens (including phenoxy) is 6. The number of carbonyl (C=O) groups excluding carboxylic acids is 2. The van der Waals surface area contributed by atoms with Crippen molar-refractivity contribution in [3.05, 3.63) is 12.2 Å². The maximum Gasteiger partial charge on any atom is 0.364 e. The Morgan fingerprint density at radius 3 is 1.27 bits per heavy atom. The molecule has 0 bridgehead atoms. The smallest absolute Gasteiger partial charge is 0.364 e. The van der Waals surface area contributed by atoms with E-state index in [1.165, 1.54) is 257 Å². The highest BCUT2D eigenvalue weighted by molar-refractivity contribution is 5.77. The number of hydrogen-bond donors (Lipinski definition) is 14. The van der Waals surface area contributed by atoms with Crippen LogP contribution in [0.25, 0.3) is 0 Å². The lowest BCUT2D eigenvalue weighted by molar-refractivity contribution is -0.386. The average Bonchev–Trinajstić information content (AvgIpc) is 0.754. The molecule has 0 spiro atoms. The molecule has 3 saturated heterocycles. The van der Waals surface area contributed by atoms with E-state index in [0.29, 0.717) is 19.3 Å². The Bertz CT molecular complexity index is 2150. The number of aliphatic carboxylic acids is 1. The fraction of sp³-hybridized carbons (Fsp3) is 0.940. The van der Waals surface area contributed by atoms with Crippen LogP contribution in [0.4, 0.5) is 0 Å². The fourth-order valence-corrected chi connectivity index (χ4v) is 15.2. The fourth-order valence-electron chi connectivity index (χ4n) is 15.2. The normalized spacial score (nSPS) is 26.1. The third kappa shape index (κ3) is 41.3. The van der Waals surface area contributed by atoms with Gasteiger partial charge in [-0.1, -0.05) is 315 Å². The van der Waals surface area contributed by atoms with Crippen molar-refractivity contribution in [1.29, 1.82) is 0 Å². The van der Waals surface area contributed by atoms with Gasteiger partial charge in [-0.05, 0) is 38.5 Å². The first kappa shape index (κ1) is 97.7. The number of aliphatic hydroxyl groups excluding tert-OH is 11. The molecular formula is C83H156N2O21. The molecule has 106 heavy (non-hydrogen) atoms. The summed E-state index contributed by atoms with van der Waals surface area (Å²) in [5.74, 6) is -6.09. The number of allylic oxidation sites excluding steroid dienone is 2. The van der Waals surface area contributed by atoms with Crippen molar-refractivity contribution in [3.63, 3.8) is 0 Å². The molecule has 23 nitrogen and oxygen atoms in total. The second-order valence-electron chi connectivity index (χ2n) is 31.4. The summed E-state index contributed by atoms with van der Waals surface area (Å²) in [5.41, 5.74) is 0. The largest absolute Gasteiger partial charge is 0.477 e. The van der Waals surface area contributed by atoms with Crippen LogP contribution in [0.3, 0.4) is 0 Å². The van der Waals surface area contributed by atoms with E-state index in [2.05, 4.69) is 36.6 Å². The van der Waals surface area contributed by atoms with Gasteiger partial charge in [0.1, 0.15) is 67.1 Å². The average molecular weight is 1520 g/mol. The van der Waals surface area contributed by atoms with Gasteiger partial charge in [0.2, 0.25) is 11.8 Å². The maximum absolute atomic E-state index is 13.6. The molecular weight excluding hydrogens is 1360 g/mol. The van der Waals surface area contributed by atoms with Crippen LogP contribution in [-0.2, 0) is 42.8 Å².